The molecule has 2 heteroatoms. The SMILES string of the molecule is CC(C)(C)C(=O)NC1CCCCC1. The topological polar surface area (TPSA) is 29.1 Å². The summed E-state index contributed by atoms with van der Waals surface area (Å²) in [5.74, 6) is 0.194. The van der Waals surface area contributed by atoms with Crippen molar-refractivity contribution in [2.24, 2.45) is 5.41 Å². The summed E-state index contributed by atoms with van der Waals surface area (Å²) in [5.41, 5.74) is -0.239. The van der Waals surface area contributed by atoms with Crippen LogP contribution in [0.3, 0.4) is 0 Å². The molecule has 0 aliphatic heterocycles. The predicted octanol–water partition coefficient (Wildman–Crippen LogP) is 2.48. The van der Waals surface area contributed by atoms with Gasteiger partial charge in [-0.2, -0.15) is 0 Å². The lowest BCUT2D eigenvalue weighted by Gasteiger charge is -2.26. The first-order valence-corrected chi connectivity index (χ1v) is 5.31. The zero-order valence-electron chi connectivity index (χ0n) is 9.02. The second-order valence-corrected chi connectivity index (χ2v) is 5.06. The van der Waals surface area contributed by atoms with E-state index in [-0.39, 0.29) is 11.3 Å². The molecule has 2 nitrogen and oxygen atoms in total. The summed E-state index contributed by atoms with van der Waals surface area (Å²) in [5, 5.41) is 3.12. The molecule has 0 aromatic heterocycles. The van der Waals surface area contributed by atoms with Crippen LogP contribution in [0.5, 0.6) is 0 Å². The van der Waals surface area contributed by atoms with E-state index in [2.05, 4.69) is 5.32 Å². The maximum Gasteiger partial charge on any atom is 0.225 e. The summed E-state index contributed by atoms with van der Waals surface area (Å²) < 4.78 is 0. The highest BCUT2D eigenvalue weighted by Gasteiger charge is 2.24. The van der Waals surface area contributed by atoms with Crippen LogP contribution in [0.1, 0.15) is 52.9 Å². The molecule has 0 bridgehead atoms. The average Bonchev–Trinajstić information content (AvgIpc) is 2.04. The van der Waals surface area contributed by atoms with Crippen LogP contribution in [-0.4, -0.2) is 11.9 Å². The summed E-state index contributed by atoms with van der Waals surface area (Å²) in [6, 6.07) is 0.445. The molecular formula is C11H21NO. The van der Waals surface area contributed by atoms with Crippen LogP contribution in [-0.2, 0) is 4.79 Å². The second-order valence-electron chi connectivity index (χ2n) is 5.06. The molecule has 0 radical (unpaired) electrons. The molecule has 1 fully saturated rings. The molecular weight excluding hydrogens is 162 g/mol. The quantitative estimate of drug-likeness (QED) is 0.665. The van der Waals surface area contributed by atoms with Gasteiger partial charge in [-0.25, -0.2) is 0 Å². The van der Waals surface area contributed by atoms with Gasteiger partial charge in [0.25, 0.3) is 0 Å². The third-order valence-electron chi connectivity index (χ3n) is 2.62. The van der Waals surface area contributed by atoms with Crippen molar-refractivity contribution >= 4 is 5.91 Å². The van der Waals surface area contributed by atoms with Gasteiger partial charge in [-0.3, -0.25) is 4.79 Å². The van der Waals surface area contributed by atoms with Crippen molar-refractivity contribution < 1.29 is 4.79 Å². The highest BCUT2D eigenvalue weighted by molar-refractivity contribution is 5.81. The van der Waals surface area contributed by atoms with Crippen LogP contribution >= 0.6 is 0 Å². The summed E-state index contributed by atoms with van der Waals surface area (Å²) in [6.07, 6.45) is 6.22. The Bertz CT molecular complexity index is 175. The first kappa shape index (κ1) is 10.6. The van der Waals surface area contributed by atoms with Gasteiger partial charge in [0.2, 0.25) is 5.91 Å². The molecule has 0 atom stereocenters. The minimum absolute atomic E-state index is 0.194. The molecule has 0 spiro atoms. The van der Waals surface area contributed by atoms with Gasteiger partial charge in [-0.1, -0.05) is 40.0 Å². The summed E-state index contributed by atoms with van der Waals surface area (Å²) in [4.78, 5) is 11.6. The van der Waals surface area contributed by atoms with E-state index in [1.165, 1.54) is 32.1 Å². The van der Waals surface area contributed by atoms with Crippen molar-refractivity contribution in [3.63, 3.8) is 0 Å². The molecule has 0 unspecified atom stereocenters. The number of hydrogen-bond donors (Lipinski definition) is 1. The van der Waals surface area contributed by atoms with Crippen molar-refractivity contribution in [3.05, 3.63) is 0 Å². The number of carbonyl (C=O) groups excluding carboxylic acids is 1. The van der Waals surface area contributed by atoms with Crippen LogP contribution in [0.15, 0.2) is 0 Å². The van der Waals surface area contributed by atoms with Gasteiger partial charge in [0.05, 0.1) is 0 Å². The standard InChI is InChI=1S/C11H21NO/c1-11(2,3)10(13)12-9-7-5-4-6-8-9/h9H,4-8H2,1-3H3,(H,12,13). The maximum absolute atomic E-state index is 11.6. The summed E-state index contributed by atoms with van der Waals surface area (Å²) >= 11 is 0. The van der Waals surface area contributed by atoms with E-state index in [0.717, 1.165) is 0 Å². The minimum atomic E-state index is -0.239. The van der Waals surface area contributed by atoms with E-state index < -0.39 is 0 Å². The molecule has 1 amide bonds. The number of amides is 1. The Hall–Kier alpha value is -0.530. The molecule has 0 heterocycles. The number of nitrogens with one attached hydrogen (secondary N) is 1. The van der Waals surface area contributed by atoms with Crippen LogP contribution in [0.25, 0.3) is 0 Å². The van der Waals surface area contributed by atoms with Crippen molar-refractivity contribution in [2.45, 2.75) is 58.9 Å². The van der Waals surface area contributed by atoms with E-state index in [9.17, 15) is 4.79 Å². The molecule has 1 aliphatic carbocycles. The maximum atomic E-state index is 11.6. The molecule has 1 saturated carbocycles. The Morgan fingerprint density at radius 2 is 1.69 bits per heavy atom. The third-order valence-corrected chi connectivity index (χ3v) is 2.62. The zero-order chi connectivity index (χ0) is 9.90. The molecule has 13 heavy (non-hydrogen) atoms. The molecule has 0 aromatic rings. The van der Waals surface area contributed by atoms with Crippen LogP contribution < -0.4 is 5.32 Å². The van der Waals surface area contributed by atoms with Gasteiger partial charge in [0, 0.05) is 11.5 Å². The number of carbonyl (C=O) groups is 1. The summed E-state index contributed by atoms with van der Waals surface area (Å²) in [7, 11) is 0. The van der Waals surface area contributed by atoms with Gasteiger partial charge in [0.15, 0.2) is 0 Å². The smallest absolute Gasteiger partial charge is 0.225 e. The first-order chi connectivity index (χ1) is 6.00. The van der Waals surface area contributed by atoms with Gasteiger partial charge >= 0.3 is 0 Å². The molecule has 1 aliphatic rings. The lowest BCUT2D eigenvalue weighted by atomic mass is 9.91. The van der Waals surface area contributed by atoms with Gasteiger partial charge in [-0.05, 0) is 12.8 Å². The average molecular weight is 183 g/mol. The van der Waals surface area contributed by atoms with Crippen molar-refractivity contribution in [3.8, 4) is 0 Å². The number of hydrogen-bond acceptors (Lipinski definition) is 1. The van der Waals surface area contributed by atoms with E-state index in [1.807, 2.05) is 20.8 Å². The Morgan fingerprint density at radius 3 is 2.15 bits per heavy atom. The van der Waals surface area contributed by atoms with E-state index >= 15 is 0 Å². The predicted molar refractivity (Wildman–Crippen MR) is 54.5 cm³/mol. The first-order valence-electron chi connectivity index (χ1n) is 5.31. The van der Waals surface area contributed by atoms with Gasteiger partial charge in [0.1, 0.15) is 0 Å². The van der Waals surface area contributed by atoms with Crippen molar-refractivity contribution in [1.29, 1.82) is 0 Å². The van der Waals surface area contributed by atoms with Crippen molar-refractivity contribution in [1.82, 2.24) is 5.32 Å². The van der Waals surface area contributed by atoms with Crippen LogP contribution in [0.2, 0.25) is 0 Å². The van der Waals surface area contributed by atoms with E-state index in [4.69, 9.17) is 0 Å². The van der Waals surface area contributed by atoms with Gasteiger partial charge in [-0.15, -0.1) is 0 Å². The molecule has 0 saturated heterocycles. The summed E-state index contributed by atoms with van der Waals surface area (Å²) in [6.45, 7) is 5.89. The van der Waals surface area contributed by atoms with Crippen LogP contribution in [0, 0.1) is 5.41 Å². The Kier molecular flexibility index (Phi) is 3.34. The highest BCUT2D eigenvalue weighted by Crippen LogP contribution is 2.20. The number of rotatable bonds is 1. The molecule has 1 N–H and O–H groups in total. The Labute approximate surface area is 81.1 Å². The molecule has 76 valence electrons. The largest absolute Gasteiger partial charge is 0.353 e. The van der Waals surface area contributed by atoms with E-state index in [1.54, 1.807) is 0 Å². The highest BCUT2D eigenvalue weighted by atomic mass is 16.2. The third kappa shape index (κ3) is 3.37. The van der Waals surface area contributed by atoms with Crippen LogP contribution in [0.4, 0.5) is 0 Å². The molecule has 1 rings (SSSR count). The molecule has 0 aromatic carbocycles. The fourth-order valence-electron chi connectivity index (χ4n) is 1.65. The normalized spacial score (nSPS) is 19.9. The fraction of sp³-hybridized carbons (Fsp3) is 0.909. The fourth-order valence-corrected chi connectivity index (χ4v) is 1.65. The van der Waals surface area contributed by atoms with Gasteiger partial charge < -0.3 is 5.32 Å². The lowest BCUT2D eigenvalue weighted by Crippen LogP contribution is -2.42. The van der Waals surface area contributed by atoms with E-state index in [0.29, 0.717) is 6.04 Å². The lowest BCUT2D eigenvalue weighted by molar-refractivity contribution is -0.129. The second kappa shape index (κ2) is 4.12. The zero-order valence-corrected chi connectivity index (χ0v) is 9.02. The van der Waals surface area contributed by atoms with Crippen molar-refractivity contribution in [2.75, 3.05) is 0 Å². The monoisotopic (exact) mass is 183 g/mol. The Morgan fingerprint density at radius 1 is 1.15 bits per heavy atom. The minimum Gasteiger partial charge on any atom is -0.353 e. The Balaban J connectivity index is 2.35.